The van der Waals surface area contributed by atoms with Crippen LogP contribution in [-0.4, -0.2) is 11.7 Å². The Kier molecular flexibility index (Phi) is 4.88. The second-order valence-corrected chi connectivity index (χ2v) is 4.00. The first-order chi connectivity index (χ1) is 7.13. The lowest BCUT2D eigenvalue weighted by Crippen LogP contribution is -2.28. The molecule has 15 heavy (non-hydrogen) atoms. The third-order valence-electron chi connectivity index (χ3n) is 1.59. The Labute approximate surface area is 104 Å². The number of rotatable bonds is 3. The minimum atomic E-state index is 0.499. The van der Waals surface area contributed by atoms with E-state index in [0.717, 1.165) is 5.69 Å². The normalized spacial score (nSPS) is 9.47. The van der Waals surface area contributed by atoms with Crippen LogP contribution in [0.15, 0.2) is 30.9 Å². The van der Waals surface area contributed by atoms with Crippen LogP contribution in [0.1, 0.15) is 0 Å². The molecule has 80 valence electrons. The highest BCUT2D eigenvalue weighted by Gasteiger charge is 2.02. The van der Waals surface area contributed by atoms with Gasteiger partial charge in [-0.1, -0.05) is 29.3 Å². The van der Waals surface area contributed by atoms with Crippen LogP contribution in [0.5, 0.6) is 0 Å². The van der Waals surface area contributed by atoms with Gasteiger partial charge in [-0.3, -0.25) is 0 Å². The summed E-state index contributed by atoms with van der Waals surface area (Å²) < 4.78 is 0. The third kappa shape index (κ3) is 4.08. The van der Waals surface area contributed by atoms with Crippen molar-refractivity contribution in [2.75, 3.05) is 11.9 Å². The highest BCUT2D eigenvalue weighted by atomic mass is 35.5. The average Bonchev–Trinajstić information content (AvgIpc) is 2.19. The van der Waals surface area contributed by atoms with Gasteiger partial charge in [-0.05, 0) is 30.4 Å². The largest absolute Gasteiger partial charge is 0.359 e. The minimum absolute atomic E-state index is 0.499. The second kappa shape index (κ2) is 5.95. The predicted molar refractivity (Wildman–Crippen MR) is 70.9 cm³/mol. The molecule has 1 rings (SSSR count). The number of hydrogen-bond donors (Lipinski definition) is 2. The maximum absolute atomic E-state index is 5.95. The van der Waals surface area contributed by atoms with Crippen LogP contribution < -0.4 is 10.6 Å². The lowest BCUT2D eigenvalue weighted by molar-refractivity contribution is 1.06. The Morgan fingerprint density at radius 2 is 2.20 bits per heavy atom. The number of hydrogen-bond acceptors (Lipinski definition) is 1. The van der Waals surface area contributed by atoms with E-state index in [4.69, 9.17) is 35.4 Å². The van der Waals surface area contributed by atoms with Gasteiger partial charge < -0.3 is 10.6 Å². The van der Waals surface area contributed by atoms with Crippen LogP contribution in [-0.2, 0) is 0 Å². The van der Waals surface area contributed by atoms with Crippen LogP contribution in [0.25, 0.3) is 0 Å². The summed E-state index contributed by atoms with van der Waals surface area (Å²) in [6, 6.07) is 5.17. The molecular formula is C10H10Cl2N2S. The maximum atomic E-state index is 5.95. The Balaban J connectivity index is 2.64. The van der Waals surface area contributed by atoms with Crippen molar-refractivity contribution in [3.05, 3.63) is 40.9 Å². The molecule has 1 aromatic rings. The van der Waals surface area contributed by atoms with Crippen molar-refractivity contribution in [2.45, 2.75) is 0 Å². The molecule has 0 radical (unpaired) electrons. The molecule has 0 saturated heterocycles. The van der Waals surface area contributed by atoms with Crippen LogP contribution >= 0.6 is 35.4 Å². The van der Waals surface area contributed by atoms with Crippen LogP contribution in [0.2, 0.25) is 10.0 Å². The number of benzene rings is 1. The van der Waals surface area contributed by atoms with E-state index in [1.807, 2.05) is 0 Å². The first-order valence-electron chi connectivity index (χ1n) is 4.24. The van der Waals surface area contributed by atoms with Gasteiger partial charge in [-0.15, -0.1) is 6.58 Å². The standard InChI is InChI=1S/C10H10Cl2N2S/c1-2-5-13-10(15)14-9-4-3-7(11)6-8(9)12/h2-4,6H,1,5H2,(H2,13,14,15). The molecule has 0 aliphatic carbocycles. The van der Waals surface area contributed by atoms with Crippen molar-refractivity contribution in [1.29, 1.82) is 0 Å². The summed E-state index contributed by atoms with van der Waals surface area (Å²) in [5.74, 6) is 0. The average molecular weight is 261 g/mol. The molecule has 5 heteroatoms. The van der Waals surface area contributed by atoms with E-state index in [9.17, 15) is 0 Å². The van der Waals surface area contributed by atoms with Gasteiger partial charge in [0.2, 0.25) is 0 Å². The van der Waals surface area contributed by atoms with E-state index in [0.29, 0.717) is 21.7 Å². The van der Waals surface area contributed by atoms with Crippen LogP contribution in [0, 0.1) is 0 Å². The first kappa shape index (κ1) is 12.3. The van der Waals surface area contributed by atoms with E-state index in [-0.39, 0.29) is 0 Å². The lowest BCUT2D eigenvalue weighted by atomic mass is 10.3. The zero-order valence-corrected chi connectivity index (χ0v) is 10.2. The summed E-state index contributed by atoms with van der Waals surface area (Å²) in [6.07, 6.45) is 1.72. The molecule has 0 amide bonds. The van der Waals surface area contributed by atoms with E-state index < -0.39 is 0 Å². The molecule has 2 N–H and O–H groups in total. The summed E-state index contributed by atoms with van der Waals surface area (Å²) >= 11 is 16.7. The summed E-state index contributed by atoms with van der Waals surface area (Å²) in [5, 5.41) is 7.51. The van der Waals surface area contributed by atoms with Gasteiger partial charge in [-0.2, -0.15) is 0 Å². The molecule has 0 fully saturated rings. The van der Waals surface area contributed by atoms with Gasteiger partial charge in [0, 0.05) is 11.6 Å². The zero-order chi connectivity index (χ0) is 11.3. The van der Waals surface area contributed by atoms with Gasteiger partial charge >= 0.3 is 0 Å². The number of nitrogens with one attached hydrogen (secondary N) is 2. The van der Waals surface area contributed by atoms with Crippen molar-refractivity contribution in [3.63, 3.8) is 0 Å². The fraction of sp³-hybridized carbons (Fsp3) is 0.100. The van der Waals surface area contributed by atoms with Gasteiger partial charge in [0.25, 0.3) is 0 Å². The molecule has 0 aliphatic rings. The quantitative estimate of drug-likeness (QED) is 0.643. The highest BCUT2D eigenvalue weighted by molar-refractivity contribution is 7.80. The molecule has 0 aliphatic heterocycles. The third-order valence-corrected chi connectivity index (χ3v) is 2.38. The predicted octanol–water partition coefficient (Wildman–Crippen LogP) is 3.47. The fourth-order valence-electron chi connectivity index (χ4n) is 0.922. The molecule has 0 bridgehead atoms. The van der Waals surface area contributed by atoms with Crippen molar-refractivity contribution >= 4 is 46.2 Å². The lowest BCUT2D eigenvalue weighted by Gasteiger charge is -2.10. The topological polar surface area (TPSA) is 24.1 Å². The Morgan fingerprint density at radius 1 is 1.47 bits per heavy atom. The van der Waals surface area contributed by atoms with Crippen LogP contribution in [0.4, 0.5) is 5.69 Å². The van der Waals surface area contributed by atoms with Crippen LogP contribution in [0.3, 0.4) is 0 Å². The molecule has 0 aromatic heterocycles. The second-order valence-electron chi connectivity index (χ2n) is 2.75. The van der Waals surface area contributed by atoms with E-state index in [1.54, 1.807) is 24.3 Å². The molecule has 0 heterocycles. The molecule has 0 atom stereocenters. The molecule has 1 aromatic carbocycles. The van der Waals surface area contributed by atoms with Gasteiger partial charge in [-0.25, -0.2) is 0 Å². The minimum Gasteiger partial charge on any atom is -0.359 e. The molecule has 2 nitrogen and oxygen atoms in total. The smallest absolute Gasteiger partial charge is 0.171 e. The summed E-state index contributed by atoms with van der Waals surface area (Å²) in [5.41, 5.74) is 0.725. The Morgan fingerprint density at radius 3 is 2.80 bits per heavy atom. The number of thiocarbonyl (C=S) groups is 1. The molecule has 0 saturated carbocycles. The monoisotopic (exact) mass is 260 g/mol. The summed E-state index contributed by atoms with van der Waals surface area (Å²) in [6.45, 7) is 4.18. The van der Waals surface area contributed by atoms with E-state index >= 15 is 0 Å². The highest BCUT2D eigenvalue weighted by Crippen LogP contribution is 2.25. The van der Waals surface area contributed by atoms with Crippen molar-refractivity contribution in [1.82, 2.24) is 5.32 Å². The Hall–Kier alpha value is -0.770. The SMILES string of the molecule is C=CCNC(=S)Nc1ccc(Cl)cc1Cl. The Bertz CT molecular complexity index is 380. The van der Waals surface area contributed by atoms with Gasteiger partial charge in [0.15, 0.2) is 5.11 Å². The molecule has 0 unspecified atom stereocenters. The summed E-state index contributed by atoms with van der Waals surface area (Å²) in [4.78, 5) is 0. The first-order valence-corrected chi connectivity index (χ1v) is 5.40. The zero-order valence-electron chi connectivity index (χ0n) is 7.89. The van der Waals surface area contributed by atoms with Crippen molar-refractivity contribution < 1.29 is 0 Å². The van der Waals surface area contributed by atoms with E-state index in [1.165, 1.54) is 0 Å². The molecular weight excluding hydrogens is 251 g/mol. The van der Waals surface area contributed by atoms with Gasteiger partial charge in [0.1, 0.15) is 0 Å². The van der Waals surface area contributed by atoms with Crippen molar-refractivity contribution in [2.24, 2.45) is 0 Å². The van der Waals surface area contributed by atoms with E-state index in [2.05, 4.69) is 17.2 Å². The van der Waals surface area contributed by atoms with Gasteiger partial charge in [0.05, 0.1) is 10.7 Å². The van der Waals surface area contributed by atoms with Crippen molar-refractivity contribution in [3.8, 4) is 0 Å². The number of halogens is 2. The maximum Gasteiger partial charge on any atom is 0.171 e. The number of anilines is 1. The fourth-order valence-corrected chi connectivity index (χ4v) is 1.57. The summed E-state index contributed by atoms with van der Waals surface area (Å²) in [7, 11) is 0. The molecule has 0 spiro atoms.